The first-order valence-electron chi connectivity index (χ1n) is 6.38. The van der Waals surface area contributed by atoms with Gasteiger partial charge in [-0.1, -0.05) is 47.2 Å². The second-order valence-corrected chi connectivity index (χ2v) is 5.22. The van der Waals surface area contributed by atoms with Gasteiger partial charge in [0.25, 0.3) is 0 Å². The molecule has 0 spiro atoms. The lowest BCUT2D eigenvalue weighted by atomic mass is 10.1. The maximum absolute atomic E-state index is 8.71. The first-order chi connectivity index (χ1) is 10.1. The molecule has 0 unspecified atom stereocenters. The molecular formula is C17H14Cl2O2. The normalized spacial score (nSPS) is 9.90. The molecule has 0 fully saturated rings. The van der Waals surface area contributed by atoms with Crippen molar-refractivity contribution < 1.29 is 9.84 Å². The monoisotopic (exact) mass is 320 g/mol. The summed E-state index contributed by atoms with van der Waals surface area (Å²) in [5.74, 6) is 6.25. The minimum atomic E-state index is -0.148. The molecule has 2 nitrogen and oxygen atoms in total. The van der Waals surface area contributed by atoms with E-state index in [2.05, 4.69) is 11.8 Å². The lowest BCUT2D eigenvalue weighted by Gasteiger charge is -2.10. The Labute approximate surface area is 134 Å². The van der Waals surface area contributed by atoms with Crippen molar-refractivity contribution in [2.45, 2.75) is 13.5 Å². The fourth-order valence-electron chi connectivity index (χ4n) is 1.82. The van der Waals surface area contributed by atoms with Crippen molar-refractivity contribution in [3.63, 3.8) is 0 Å². The van der Waals surface area contributed by atoms with Gasteiger partial charge in [-0.15, -0.1) is 0 Å². The molecule has 1 N–H and O–H groups in total. The van der Waals surface area contributed by atoms with E-state index in [4.69, 9.17) is 33.0 Å². The van der Waals surface area contributed by atoms with Gasteiger partial charge in [-0.2, -0.15) is 0 Å². The summed E-state index contributed by atoms with van der Waals surface area (Å²) in [6, 6.07) is 11.1. The zero-order valence-corrected chi connectivity index (χ0v) is 13.0. The molecule has 108 valence electrons. The van der Waals surface area contributed by atoms with Crippen LogP contribution in [0.5, 0.6) is 5.75 Å². The minimum Gasteiger partial charge on any atom is -0.489 e. The molecule has 0 aliphatic carbocycles. The van der Waals surface area contributed by atoms with Gasteiger partial charge in [0.15, 0.2) is 0 Å². The number of aliphatic hydroxyl groups excluding tert-OH is 1. The fraction of sp³-hybridized carbons (Fsp3) is 0.176. The van der Waals surface area contributed by atoms with E-state index in [-0.39, 0.29) is 6.61 Å². The third-order valence-corrected chi connectivity index (χ3v) is 3.78. The summed E-state index contributed by atoms with van der Waals surface area (Å²) in [6.45, 7) is 2.14. The molecule has 2 aromatic carbocycles. The summed E-state index contributed by atoms with van der Waals surface area (Å²) in [5, 5.41) is 9.74. The molecule has 0 atom stereocenters. The number of hydrogen-bond acceptors (Lipinski definition) is 2. The highest BCUT2D eigenvalue weighted by molar-refractivity contribution is 6.42. The third-order valence-electron chi connectivity index (χ3n) is 2.93. The van der Waals surface area contributed by atoms with E-state index in [1.165, 1.54) is 0 Å². The van der Waals surface area contributed by atoms with Crippen LogP contribution in [-0.4, -0.2) is 11.7 Å². The predicted molar refractivity (Wildman–Crippen MR) is 85.9 cm³/mol. The lowest BCUT2D eigenvalue weighted by molar-refractivity contribution is 0.306. The highest BCUT2D eigenvalue weighted by Crippen LogP contribution is 2.27. The van der Waals surface area contributed by atoms with Crippen molar-refractivity contribution in [2.24, 2.45) is 0 Å². The summed E-state index contributed by atoms with van der Waals surface area (Å²) < 4.78 is 5.73. The van der Waals surface area contributed by atoms with Gasteiger partial charge in [-0.05, 0) is 36.8 Å². The molecule has 0 radical (unpaired) electrons. The van der Waals surface area contributed by atoms with Crippen LogP contribution in [-0.2, 0) is 6.61 Å². The molecule has 21 heavy (non-hydrogen) atoms. The molecular weight excluding hydrogens is 307 g/mol. The smallest absolute Gasteiger partial charge is 0.120 e. The summed E-state index contributed by atoms with van der Waals surface area (Å²) >= 11 is 12.1. The van der Waals surface area contributed by atoms with Crippen LogP contribution in [0, 0.1) is 18.8 Å². The number of rotatable bonds is 3. The van der Waals surface area contributed by atoms with E-state index in [1.54, 1.807) is 6.07 Å². The number of ether oxygens (including phenoxy) is 1. The van der Waals surface area contributed by atoms with Crippen LogP contribution in [0.4, 0.5) is 0 Å². The van der Waals surface area contributed by atoms with Gasteiger partial charge in [0.2, 0.25) is 0 Å². The van der Waals surface area contributed by atoms with Crippen molar-refractivity contribution in [3.05, 3.63) is 63.1 Å². The van der Waals surface area contributed by atoms with Gasteiger partial charge in [0.1, 0.15) is 19.0 Å². The van der Waals surface area contributed by atoms with Crippen LogP contribution >= 0.6 is 23.2 Å². The summed E-state index contributed by atoms with van der Waals surface area (Å²) in [6.07, 6.45) is 0. The van der Waals surface area contributed by atoms with Gasteiger partial charge in [0, 0.05) is 11.1 Å². The Morgan fingerprint density at radius 2 is 2.00 bits per heavy atom. The maximum Gasteiger partial charge on any atom is 0.120 e. The maximum atomic E-state index is 8.71. The van der Waals surface area contributed by atoms with Crippen LogP contribution in [0.15, 0.2) is 36.4 Å². The predicted octanol–water partition coefficient (Wildman–Crippen LogP) is 4.22. The second-order valence-electron chi connectivity index (χ2n) is 4.44. The first-order valence-corrected chi connectivity index (χ1v) is 7.13. The van der Waals surface area contributed by atoms with Gasteiger partial charge in [-0.3, -0.25) is 0 Å². The number of benzene rings is 2. The zero-order chi connectivity index (χ0) is 15.2. The SMILES string of the molecule is Cc1cc(OCc2cccc(Cl)c2Cl)ccc1C#CCO. The molecule has 0 aromatic heterocycles. The van der Waals surface area contributed by atoms with Crippen molar-refractivity contribution in [1.82, 2.24) is 0 Å². The van der Waals surface area contributed by atoms with Crippen LogP contribution in [0.1, 0.15) is 16.7 Å². The average Bonchev–Trinajstić information content (AvgIpc) is 2.48. The quantitative estimate of drug-likeness (QED) is 0.858. The zero-order valence-electron chi connectivity index (χ0n) is 11.5. The fourth-order valence-corrected chi connectivity index (χ4v) is 2.20. The van der Waals surface area contributed by atoms with Crippen molar-refractivity contribution >= 4 is 23.2 Å². The standard InChI is InChI=1S/C17H14Cl2O2/c1-12-10-15(8-7-13(12)5-3-9-20)21-11-14-4-2-6-16(18)17(14)19/h2,4,6-8,10,20H,9,11H2,1H3. The molecule has 0 aliphatic heterocycles. The van der Waals surface area contributed by atoms with E-state index in [1.807, 2.05) is 37.3 Å². The Balaban J connectivity index is 2.10. The van der Waals surface area contributed by atoms with E-state index in [0.717, 1.165) is 22.4 Å². The van der Waals surface area contributed by atoms with Crippen molar-refractivity contribution in [1.29, 1.82) is 0 Å². The van der Waals surface area contributed by atoms with Gasteiger partial charge >= 0.3 is 0 Å². The van der Waals surface area contributed by atoms with Crippen LogP contribution < -0.4 is 4.74 Å². The van der Waals surface area contributed by atoms with Gasteiger partial charge in [0.05, 0.1) is 10.0 Å². The summed E-state index contributed by atoms with van der Waals surface area (Å²) in [7, 11) is 0. The number of halogens is 2. The third kappa shape index (κ3) is 4.15. The Morgan fingerprint density at radius 1 is 1.19 bits per heavy atom. The molecule has 0 heterocycles. The molecule has 0 saturated heterocycles. The molecule has 2 aromatic rings. The van der Waals surface area contributed by atoms with E-state index < -0.39 is 0 Å². The molecule has 0 amide bonds. The Morgan fingerprint density at radius 3 is 2.71 bits per heavy atom. The van der Waals surface area contributed by atoms with Gasteiger partial charge < -0.3 is 9.84 Å². The van der Waals surface area contributed by atoms with Crippen LogP contribution in [0.2, 0.25) is 10.0 Å². The highest BCUT2D eigenvalue weighted by Gasteiger charge is 2.05. The second kappa shape index (κ2) is 7.38. The van der Waals surface area contributed by atoms with E-state index >= 15 is 0 Å². The van der Waals surface area contributed by atoms with E-state index in [9.17, 15) is 0 Å². The van der Waals surface area contributed by atoms with Crippen molar-refractivity contribution in [2.75, 3.05) is 6.61 Å². The first kappa shape index (κ1) is 15.7. The lowest BCUT2D eigenvalue weighted by Crippen LogP contribution is -1.97. The Bertz CT molecular complexity index is 700. The average molecular weight is 321 g/mol. The summed E-state index contributed by atoms with van der Waals surface area (Å²) in [4.78, 5) is 0. The molecule has 0 saturated carbocycles. The number of aryl methyl sites for hydroxylation is 1. The highest BCUT2D eigenvalue weighted by atomic mass is 35.5. The van der Waals surface area contributed by atoms with Crippen LogP contribution in [0.25, 0.3) is 0 Å². The number of aliphatic hydroxyl groups is 1. The molecule has 4 heteroatoms. The Kier molecular flexibility index (Phi) is 5.52. The van der Waals surface area contributed by atoms with Crippen molar-refractivity contribution in [3.8, 4) is 17.6 Å². The Hall–Kier alpha value is -1.66. The van der Waals surface area contributed by atoms with Crippen LogP contribution in [0.3, 0.4) is 0 Å². The molecule has 0 bridgehead atoms. The van der Waals surface area contributed by atoms with E-state index in [0.29, 0.717) is 16.7 Å². The summed E-state index contributed by atoms with van der Waals surface area (Å²) in [5.41, 5.74) is 2.70. The minimum absolute atomic E-state index is 0.148. The largest absolute Gasteiger partial charge is 0.489 e. The molecule has 2 rings (SSSR count). The number of hydrogen-bond donors (Lipinski definition) is 1. The van der Waals surface area contributed by atoms with Gasteiger partial charge in [-0.25, -0.2) is 0 Å². The molecule has 0 aliphatic rings. The topological polar surface area (TPSA) is 29.5 Å².